The van der Waals surface area contributed by atoms with Crippen LogP contribution in [0.2, 0.25) is 0 Å². The van der Waals surface area contributed by atoms with Gasteiger partial charge in [-0.3, -0.25) is 9.69 Å². The number of carbonyl (C=O) groups is 1. The third-order valence-corrected chi connectivity index (χ3v) is 3.94. The maximum atomic E-state index is 12.5. The summed E-state index contributed by atoms with van der Waals surface area (Å²) in [7, 11) is 1.64. The molecule has 3 nitrogen and oxygen atoms in total. The maximum absolute atomic E-state index is 12.5. The Kier molecular flexibility index (Phi) is 4.97. The predicted molar refractivity (Wildman–Crippen MR) is 76.8 cm³/mol. The Morgan fingerprint density at radius 1 is 1.11 bits per heavy atom. The molecule has 0 spiro atoms. The van der Waals surface area contributed by atoms with E-state index in [0.717, 1.165) is 24.4 Å². The van der Waals surface area contributed by atoms with Crippen molar-refractivity contribution < 1.29 is 9.53 Å². The number of Topliss-reactive ketones (excluding diaryl/α,β-unsaturated/α-hetero) is 1. The fourth-order valence-corrected chi connectivity index (χ4v) is 2.64. The molecule has 0 saturated carbocycles. The van der Waals surface area contributed by atoms with Gasteiger partial charge in [0.05, 0.1) is 13.2 Å². The van der Waals surface area contributed by atoms with Gasteiger partial charge in [0.1, 0.15) is 5.75 Å². The number of ether oxygens (including phenoxy) is 1. The van der Waals surface area contributed by atoms with Gasteiger partial charge >= 0.3 is 0 Å². The second kappa shape index (κ2) is 6.71. The van der Waals surface area contributed by atoms with Crippen LogP contribution in [0.25, 0.3) is 0 Å². The molecule has 2 rings (SSSR count). The van der Waals surface area contributed by atoms with Crippen LogP contribution >= 0.6 is 0 Å². The summed E-state index contributed by atoms with van der Waals surface area (Å²) in [4.78, 5) is 14.8. The van der Waals surface area contributed by atoms with Gasteiger partial charge in [0.15, 0.2) is 5.78 Å². The van der Waals surface area contributed by atoms with E-state index < -0.39 is 0 Å². The summed E-state index contributed by atoms with van der Waals surface area (Å²) in [5, 5.41) is 0. The normalized spacial score (nSPS) is 18.6. The van der Waals surface area contributed by atoms with Crippen LogP contribution in [0.4, 0.5) is 0 Å². The zero-order chi connectivity index (χ0) is 13.7. The second-order valence-corrected chi connectivity index (χ2v) is 5.22. The molecule has 1 saturated heterocycles. The quantitative estimate of drug-likeness (QED) is 0.780. The van der Waals surface area contributed by atoms with Crippen LogP contribution in [0.15, 0.2) is 24.3 Å². The molecule has 1 aliphatic rings. The van der Waals surface area contributed by atoms with Crippen molar-refractivity contribution in [1.29, 1.82) is 0 Å². The summed E-state index contributed by atoms with van der Waals surface area (Å²) in [5.41, 5.74) is 0.776. The molecule has 0 bridgehead atoms. The Morgan fingerprint density at radius 2 is 1.68 bits per heavy atom. The summed E-state index contributed by atoms with van der Waals surface area (Å²) in [6, 6.07) is 7.39. The van der Waals surface area contributed by atoms with E-state index in [9.17, 15) is 4.79 Å². The van der Waals surface area contributed by atoms with E-state index in [0.29, 0.717) is 0 Å². The highest BCUT2D eigenvalue weighted by molar-refractivity contribution is 5.99. The Labute approximate surface area is 115 Å². The molecule has 0 N–H and O–H groups in total. The Bertz CT molecular complexity index is 405. The van der Waals surface area contributed by atoms with Crippen molar-refractivity contribution in [3.8, 4) is 5.75 Å². The van der Waals surface area contributed by atoms with E-state index in [1.165, 1.54) is 25.7 Å². The first-order valence-corrected chi connectivity index (χ1v) is 7.14. The fourth-order valence-electron chi connectivity index (χ4n) is 2.64. The molecule has 1 aromatic rings. The number of rotatable bonds is 4. The topological polar surface area (TPSA) is 29.5 Å². The number of methoxy groups -OCH3 is 1. The van der Waals surface area contributed by atoms with Crippen molar-refractivity contribution in [3.63, 3.8) is 0 Å². The summed E-state index contributed by atoms with van der Waals surface area (Å²) < 4.78 is 5.12. The lowest BCUT2D eigenvalue weighted by atomic mass is 10.0. The van der Waals surface area contributed by atoms with Crippen molar-refractivity contribution in [1.82, 2.24) is 4.90 Å². The molecule has 1 aromatic carbocycles. The van der Waals surface area contributed by atoms with E-state index in [2.05, 4.69) is 4.90 Å². The largest absolute Gasteiger partial charge is 0.497 e. The van der Waals surface area contributed by atoms with Crippen molar-refractivity contribution in [2.75, 3.05) is 20.2 Å². The van der Waals surface area contributed by atoms with Gasteiger partial charge in [-0.2, -0.15) is 0 Å². The van der Waals surface area contributed by atoms with Gasteiger partial charge in [-0.15, -0.1) is 0 Å². The first kappa shape index (κ1) is 14.1. The number of nitrogens with zero attached hydrogens (tertiary/aromatic N) is 1. The van der Waals surface area contributed by atoms with E-state index in [1.807, 2.05) is 31.2 Å². The van der Waals surface area contributed by atoms with E-state index in [4.69, 9.17) is 4.74 Å². The average molecular weight is 261 g/mol. The molecular formula is C16H23NO2. The van der Waals surface area contributed by atoms with Gasteiger partial charge in [-0.05, 0) is 57.1 Å². The molecule has 0 aromatic heterocycles. The Balaban J connectivity index is 2.04. The fraction of sp³-hybridized carbons (Fsp3) is 0.562. The van der Waals surface area contributed by atoms with Crippen LogP contribution in [-0.4, -0.2) is 36.9 Å². The number of benzene rings is 1. The SMILES string of the molecule is COc1ccc(C(=O)[C@@H](C)N2CCCCCC2)cc1. The van der Waals surface area contributed by atoms with Gasteiger partial charge < -0.3 is 4.74 Å². The monoisotopic (exact) mass is 261 g/mol. The number of hydrogen-bond donors (Lipinski definition) is 0. The molecule has 1 aliphatic heterocycles. The third-order valence-electron chi connectivity index (χ3n) is 3.94. The summed E-state index contributed by atoms with van der Waals surface area (Å²) in [5.74, 6) is 1.00. The van der Waals surface area contributed by atoms with Gasteiger partial charge in [0.2, 0.25) is 0 Å². The lowest BCUT2D eigenvalue weighted by Crippen LogP contribution is -2.39. The van der Waals surface area contributed by atoms with Crippen LogP contribution in [0.5, 0.6) is 5.75 Å². The summed E-state index contributed by atoms with van der Waals surface area (Å²) >= 11 is 0. The molecule has 0 radical (unpaired) electrons. The molecule has 1 atom stereocenters. The van der Waals surface area contributed by atoms with Crippen LogP contribution in [-0.2, 0) is 0 Å². The van der Waals surface area contributed by atoms with Gasteiger partial charge in [0, 0.05) is 5.56 Å². The summed E-state index contributed by atoms with van der Waals surface area (Å²) in [6.45, 7) is 4.12. The first-order chi connectivity index (χ1) is 9.22. The zero-order valence-electron chi connectivity index (χ0n) is 11.9. The van der Waals surface area contributed by atoms with Crippen molar-refractivity contribution in [2.45, 2.75) is 38.6 Å². The number of ketones is 1. The van der Waals surface area contributed by atoms with Crippen molar-refractivity contribution >= 4 is 5.78 Å². The lowest BCUT2D eigenvalue weighted by Gasteiger charge is -2.26. The standard InChI is InChI=1S/C16H23NO2/c1-13(17-11-5-3-4-6-12-17)16(18)14-7-9-15(19-2)10-8-14/h7-10,13H,3-6,11-12H2,1-2H3/t13-/m1/s1. The molecular weight excluding hydrogens is 238 g/mol. The minimum Gasteiger partial charge on any atom is -0.497 e. The smallest absolute Gasteiger partial charge is 0.179 e. The molecule has 0 aliphatic carbocycles. The van der Waals surface area contributed by atoms with E-state index in [1.54, 1.807) is 7.11 Å². The van der Waals surface area contributed by atoms with Crippen LogP contribution in [0.1, 0.15) is 43.0 Å². The van der Waals surface area contributed by atoms with Crippen molar-refractivity contribution in [3.05, 3.63) is 29.8 Å². The molecule has 0 unspecified atom stereocenters. The Morgan fingerprint density at radius 3 is 2.21 bits per heavy atom. The second-order valence-electron chi connectivity index (χ2n) is 5.22. The van der Waals surface area contributed by atoms with Crippen LogP contribution in [0.3, 0.4) is 0 Å². The highest BCUT2D eigenvalue weighted by atomic mass is 16.5. The molecule has 3 heteroatoms. The number of carbonyl (C=O) groups excluding carboxylic acids is 1. The highest BCUT2D eigenvalue weighted by Gasteiger charge is 2.22. The Hall–Kier alpha value is -1.35. The molecule has 1 heterocycles. The minimum atomic E-state index is -0.0218. The third kappa shape index (κ3) is 3.57. The van der Waals surface area contributed by atoms with Crippen molar-refractivity contribution in [2.24, 2.45) is 0 Å². The van der Waals surface area contributed by atoms with Crippen LogP contribution < -0.4 is 4.74 Å². The molecule has 19 heavy (non-hydrogen) atoms. The number of hydrogen-bond acceptors (Lipinski definition) is 3. The minimum absolute atomic E-state index is 0.0218. The molecule has 0 amide bonds. The van der Waals surface area contributed by atoms with Gasteiger partial charge in [-0.25, -0.2) is 0 Å². The average Bonchev–Trinajstić information content (AvgIpc) is 2.75. The van der Waals surface area contributed by atoms with E-state index in [-0.39, 0.29) is 11.8 Å². The van der Waals surface area contributed by atoms with E-state index >= 15 is 0 Å². The van der Waals surface area contributed by atoms with Crippen LogP contribution in [0, 0.1) is 0 Å². The molecule has 104 valence electrons. The molecule has 1 fully saturated rings. The maximum Gasteiger partial charge on any atom is 0.179 e. The summed E-state index contributed by atoms with van der Waals surface area (Å²) in [6.07, 6.45) is 5.00. The predicted octanol–water partition coefficient (Wildman–Crippen LogP) is 3.14. The highest BCUT2D eigenvalue weighted by Crippen LogP contribution is 2.17. The zero-order valence-corrected chi connectivity index (χ0v) is 11.9. The number of likely N-dealkylation sites (tertiary alicyclic amines) is 1. The lowest BCUT2D eigenvalue weighted by molar-refractivity contribution is 0.0843. The first-order valence-electron chi connectivity index (χ1n) is 7.14. The van der Waals surface area contributed by atoms with Gasteiger partial charge in [-0.1, -0.05) is 12.8 Å². The van der Waals surface area contributed by atoms with Gasteiger partial charge in [0.25, 0.3) is 0 Å².